The Labute approximate surface area is 136 Å². The molecular weight excluding hydrogens is 288 g/mol. The number of aliphatic imine (C=N–C) groups is 2. The number of methoxy groups -OCH3 is 1. The minimum absolute atomic E-state index is 0.000532. The molecular formula is C18H24N4O. The zero-order valence-corrected chi connectivity index (χ0v) is 13.8. The lowest BCUT2D eigenvalue weighted by molar-refractivity contribution is -0.000370. The fourth-order valence-electron chi connectivity index (χ4n) is 4.69. The summed E-state index contributed by atoms with van der Waals surface area (Å²) < 4.78 is 5.57. The van der Waals surface area contributed by atoms with E-state index in [1.807, 2.05) is 19.1 Å². The molecule has 1 aromatic rings. The van der Waals surface area contributed by atoms with E-state index < -0.39 is 5.66 Å². The third-order valence-electron chi connectivity index (χ3n) is 5.98. The first-order valence-electron chi connectivity index (χ1n) is 8.33. The summed E-state index contributed by atoms with van der Waals surface area (Å²) in [6, 6.07) is 6.16. The number of anilines is 1. The smallest absolute Gasteiger partial charge is 0.184 e. The first kappa shape index (κ1) is 14.7. The third kappa shape index (κ3) is 1.89. The van der Waals surface area contributed by atoms with Crippen molar-refractivity contribution in [3.05, 3.63) is 29.3 Å². The van der Waals surface area contributed by atoms with Crippen molar-refractivity contribution >= 4 is 17.2 Å². The third-order valence-corrected chi connectivity index (χ3v) is 5.98. The van der Waals surface area contributed by atoms with Gasteiger partial charge in [0.2, 0.25) is 0 Å². The second-order valence-corrected chi connectivity index (χ2v) is 7.18. The molecule has 23 heavy (non-hydrogen) atoms. The molecule has 2 spiro atoms. The van der Waals surface area contributed by atoms with Crippen LogP contribution in [0.4, 0.5) is 5.69 Å². The largest absolute Gasteiger partial charge is 0.399 e. The van der Waals surface area contributed by atoms with Crippen LogP contribution in [0.2, 0.25) is 0 Å². The summed E-state index contributed by atoms with van der Waals surface area (Å²) >= 11 is 0. The van der Waals surface area contributed by atoms with Gasteiger partial charge in [0.25, 0.3) is 0 Å². The topological polar surface area (TPSA) is 86.0 Å². The molecule has 1 heterocycles. The maximum Gasteiger partial charge on any atom is 0.184 e. The lowest BCUT2D eigenvalue weighted by atomic mass is 9.65. The van der Waals surface area contributed by atoms with E-state index in [1.165, 1.54) is 5.56 Å². The van der Waals surface area contributed by atoms with E-state index in [0.29, 0.717) is 11.9 Å². The van der Waals surface area contributed by atoms with Crippen LogP contribution in [-0.2, 0) is 16.8 Å². The maximum atomic E-state index is 6.13. The second-order valence-electron chi connectivity index (χ2n) is 7.18. The number of nitrogen functional groups attached to an aromatic ring is 1. The van der Waals surface area contributed by atoms with Crippen molar-refractivity contribution in [1.29, 1.82) is 0 Å². The molecule has 1 atom stereocenters. The Bertz CT molecular complexity index is 696. The highest BCUT2D eigenvalue weighted by Gasteiger charge is 2.60. The average Bonchev–Trinajstić information content (AvgIpc) is 2.97. The molecule has 4 N–H and O–H groups in total. The van der Waals surface area contributed by atoms with Gasteiger partial charge in [-0.15, -0.1) is 0 Å². The standard InChI is InChI=1S/C18H24N4O/c1-11-16(20)22-18(21-11)15-9-13(19)4-3-12(15)10-17(18)7-5-14(23-2)6-8-17/h3-4,9,14H,5-8,10,19H2,1-2H3,(H2,20,22). The SMILES string of the molecule is COC1CCC2(CC1)Cc1ccc(N)cc1C21N=C(C)C(N)=N1. The zero-order valence-electron chi connectivity index (χ0n) is 13.8. The molecule has 0 bridgehead atoms. The number of benzene rings is 1. The number of hydrogen-bond donors (Lipinski definition) is 2. The van der Waals surface area contributed by atoms with Gasteiger partial charge in [0.15, 0.2) is 5.66 Å². The number of amidine groups is 1. The van der Waals surface area contributed by atoms with Crippen molar-refractivity contribution in [1.82, 2.24) is 0 Å². The molecule has 0 saturated heterocycles. The van der Waals surface area contributed by atoms with Crippen LogP contribution in [-0.4, -0.2) is 24.8 Å². The van der Waals surface area contributed by atoms with E-state index in [4.69, 9.17) is 26.2 Å². The molecule has 0 radical (unpaired) electrons. The van der Waals surface area contributed by atoms with Crippen molar-refractivity contribution in [2.45, 2.75) is 50.8 Å². The molecule has 2 aliphatic carbocycles. The molecule has 1 fully saturated rings. The summed E-state index contributed by atoms with van der Waals surface area (Å²) in [5, 5.41) is 0. The Balaban J connectivity index is 1.86. The van der Waals surface area contributed by atoms with Crippen molar-refractivity contribution in [2.75, 3.05) is 12.8 Å². The molecule has 1 saturated carbocycles. The van der Waals surface area contributed by atoms with Gasteiger partial charge in [0.05, 0.1) is 11.8 Å². The predicted octanol–water partition coefficient (Wildman–Crippen LogP) is 2.38. The predicted molar refractivity (Wildman–Crippen MR) is 92.7 cm³/mol. The van der Waals surface area contributed by atoms with Gasteiger partial charge in [-0.05, 0) is 56.7 Å². The minimum atomic E-state index is -0.579. The highest BCUT2D eigenvalue weighted by Crippen LogP contribution is 2.61. The van der Waals surface area contributed by atoms with Crippen LogP contribution >= 0.6 is 0 Å². The Hall–Kier alpha value is -1.88. The summed E-state index contributed by atoms with van der Waals surface area (Å²) in [4.78, 5) is 9.91. The van der Waals surface area contributed by atoms with E-state index in [0.717, 1.165) is 49.1 Å². The molecule has 5 nitrogen and oxygen atoms in total. The van der Waals surface area contributed by atoms with Gasteiger partial charge >= 0.3 is 0 Å². The highest BCUT2D eigenvalue weighted by atomic mass is 16.5. The van der Waals surface area contributed by atoms with E-state index in [1.54, 1.807) is 7.11 Å². The highest BCUT2D eigenvalue weighted by molar-refractivity contribution is 6.41. The summed E-state index contributed by atoms with van der Waals surface area (Å²) in [7, 11) is 1.80. The minimum Gasteiger partial charge on any atom is -0.399 e. The Morgan fingerprint density at radius 2 is 1.91 bits per heavy atom. The number of nitrogens with two attached hydrogens (primary N) is 2. The quantitative estimate of drug-likeness (QED) is 0.781. The van der Waals surface area contributed by atoms with Crippen LogP contribution in [0, 0.1) is 5.41 Å². The van der Waals surface area contributed by atoms with Gasteiger partial charge in [-0.1, -0.05) is 6.07 Å². The van der Waals surface area contributed by atoms with E-state index in [9.17, 15) is 0 Å². The summed E-state index contributed by atoms with van der Waals surface area (Å²) in [5.41, 5.74) is 15.7. The molecule has 4 rings (SSSR count). The van der Waals surface area contributed by atoms with Crippen molar-refractivity contribution < 1.29 is 4.74 Å². The van der Waals surface area contributed by atoms with Gasteiger partial charge in [0, 0.05) is 23.8 Å². The van der Waals surface area contributed by atoms with Gasteiger partial charge in [-0.2, -0.15) is 0 Å². The van der Waals surface area contributed by atoms with Crippen LogP contribution in [0.3, 0.4) is 0 Å². The van der Waals surface area contributed by atoms with Crippen LogP contribution in [0.15, 0.2) is 28.2 Å². The Morgan fingerprint density at radius 1 is 1.17 bits per heavy atom. The number of fused-ring (bicyclic) bond motifs is 3. The van der Waals surface area contributed by atoms with Gasteiger partial charge < -0.3 is 16.2 Å². The number of hydrogen-bond acceptors (Lipinski definition) is 5. The fourth-order valence-corrected chi connectivity index (χ4v) is 4.69. The Morgan fingerprint density at radius 3 is 2.52 bits per heavy atom. The normalized spacial score (nSPS) is 35.5. The van der Waals surface area contributed by atoms with E-state index in [-0.39, 0.29) is 5.41 Å². The summed E-state index contributed by atoms with van der Waals surface area (Å²) in [6.45, 7) is 1.95. The van der Waals surface area contributed by atoms with Crippen molar-refractivity contribution in [3.8, 4) is 0 Å². The average molecular weight is 312 g/mol. The molecule has 5 heteroatoms. The summed E-state index contributed by atoms with van der Waals surface area (Å²) in [5.74, 6) is 0.563. The van der Waals surface area contributed by atoms with E-state index >= 15 is 0 Å². The number of ether oxygens (including phenoxy) is 1. The fraction of sp³-hybridized carbons (Fsp3) is 0.556. The maximum absolute atomic E-state index is 6.13. The van der Waals surface area contributed by atoms with Gasteiger partial charge in [-0.3, -0.25) is 4.99 Å². The molecule has 1 aromatic carbocycles. The lowest BCUT2D eigenvalue weighted by Crippen LogP contribution is -2.43. The molecule has 0 aromatic heterocycles. The van der Waals surface area contributed by atoms with E-state index in [2.05, 4.69) is 6.07 Å². The van der Waals surface area contributed by atoms with Crippen LogP contribution in [0.1, 0.15) is 43.7 Å². The van der Waals surface area contributed by atoms with Gasteiger partial charge in [-0.25, -0.2) is 4.99 Å². The second kappa shape index (κ2) is 4.81. The van der Waals surface area contributed by atoms with Crippen molar-refractivity contribution in [3.63, 3.8) is 0 Å². The Kier molecular flexibility index (Phi) is 3.07. The molecule has 1 aliphatic heterocycles. The monoisotopic (exact) mass is 312 g/mol. The van der Waals surface area contributed by atoms with Gasteiger partial charge in [0.1, 0.15) is 5.84 Å². The van der Waals surface area contributed by atoms with Crippen LogP contribution in [0.5, 0.6) is 0 Å². The van der Waals surface area contributed by atoms with Crippen molar-refractivity contribution in [2.24, 2.45) is 21.1 Å². The molecule has 3 aliphatic rings. The molecule has 122 valence electrons. The van der Waals surface area contributed by atoms with Crippen LogP contribution < -0.4 is 11.5 Å². The van der Waals surface area contributed by atoms with Crippen LogP contribution in [0.25, 0.3) is 0 Å². The molecule has 0 amide bonds. The molecule has 1 unspecified atom stereocenters. The summed E-state index contributed by atoms with van der Waals surface area (Å²) in [6.07, 6.45) is 5.53. The first-order chi connectivity index (χ1) is 11.0. The first-order valence-corrected chi connectivity index (χ1v) is 8.33. The number of rotatable bonds is 1. The zero-order chi connectivity index (χ0) is 16.2. The number of nitrogens with zero attached hydrogens (tertiary/aromatic N) is 2. The lowest BCUT2D eigenvalue weighted by Gasteiger charge is -2.44.